The van der Waals surface area contributed by atoms with Crippen molar-refractivity contribution >= 4 is 18.5 Å². The van der Waals surface area contributed by atoms with Crippen molar-refractivity contribution in [2.75, 3.05) is 0 Å². The maximum absolute atomic E-state index is 12.0. The van der Waals surface area contributed by atoms with Gasteiger partial charge in [0, 0.05) is 16.5 Å². The minimum Gasteiger partial charge on any atom is -0.348 e. The molecule has 92 valence electrons. The highest BCUT2D eigenvalue weighted by Gasteiger charge is 2.65. The van der Waals surface area contributed by atoms with Gasteiger partial charge in [-0.05, 0) is 35.1 Å². The van der Waals surface area contributed by atoms with Crippen molar-refractivity contribution < 1.29 is 4.79 Å². The van der Waals surface area contributed by atoms with Gasteiger partial charge in [0.1, 0.15) is 0 Å². The molecular weight excluding hydrogens is 230 g/mol. The van der Waals surface area contributed by atoms with Crippen LogP contribution in [0.5, 0.6) is 0 Å². The van der Waals surface area contributed by atoms with E-state index in [4.69, 9.17) is 0 Å². The third-order valence-electron chi connectivity index (χ3n) is 4.43. The van der Waals surface area contributed by atoms with E-state index >= 15 is 0 Å². The molecular formula is C14H19NOS. The first kappa shape index (κ1) is 12.5. The van der Waals surface area contributed by atoms with Crippen LogP contribution in [-0.2, 0) is 0 Å². The molecule has 0 aromatic heterocycles. The Hall–Kier alpha value is -0.960. The fraction of sp³-hybridized carbons (Fsp3) is 0.500. The van der Waals surface area contributed by atoms with Crippen LogP contribution in [0.3, 0.4) is 0 Å². The zero-order chi connectivity index (χ0) is 12.8. The minimum atomic E-state index is 0.00184. The normalized spacial score (nSPS) is 21.0. The van der Waals surface area contributed by atoms with E-state index in [1.54, 1.807) is 12.1 Å². The zero-order valence-electron chi connectivity index (χ0n) is 10.7. The quantitative estimate of drug-likeness (QED) is 0.775. The summed E-state index contributed by atoms with van der Waals surface area (Å²) in [5, 5.41) is 3.11. The summed E-state index contributed by atoms with van der Waals surface area (Å²) in [6.07, 6.45) is 0. The summed E-state index contributed by atoms with van der Waals surface area (Å²) in [7, 11) is 0. The third-order valence-corrected chi connectivity index (χ3v) is 4.72. The van der Waals surface area contributed by atoms with Gasteiger partial charge in [-0.2, -0.15) is 0 Å². The van der Waals surface area contributed by atoms with Crippen LogP contribution in [0.15, 0.2) is 29.2 Å². The second-order valence-corrected chi connectivity index (χ2v) is 6.41. The van der Waals surface area contributed by atoms with Gasteiger partial charge in [-0.25, -0.2) is 0 Å². The summed E-state index contributed by atoms with van der Waals surface area (Å²) in [4.78, 5) is 12.9. The highest BCUT2D eigenvalue weighted by atomic mass is 32.1. The smallest absolute Gasteiger partial charge is 0.251 e. The fourth-order valence-electron chi connectivity index (χ4n) is 2.38. The van der Waals surface area contributed by atoms with Gasteiger partial charge in [-0.15, -0.1) is 12.6 Å². The molecule has 0 heterocycles. The molecule has 0 atom stereocenters. The summed E-state index contributed by atoms with van der Waals surface area (Å²) < 4.78 is 0. The lowest BCUT2D eigenvalue weighted by Gasteiger charge is -2.07. The largest absolute Gasteiger partial charge is 0.348 e. The fourth-order valence-corrected chi connectivity index (χ4v) is 2.53. The van der Waals surface area contributed by atoms with E-state index in [1.807, 2.05) is 12.1 Å². The van der Waals surface area contributed by atoms with Gasteiger partial charge in [0.25, 0.3) is 5.91 Å². The number of carbonyl (C=O) groups excluding carboxylic acids is 1. The van der Waals surface area contributed by atoms with Gasteiger partial charge >= 0.3 is 0 Å². The minimum absolute atomic E-state index is 0.00184. The highest BCUT2D eigenvalue weighted by Crippen LogP contribution is 2.62. The number of hydrogen-bond acceptors (Lipinski definition) is 2. The molecule has 1 aliphatic carbocycles. The summed E-state index contributed by atoms with van der Waals surface area (Å²) in [5.74, 6) is 0.00184. The summed E-state index contributed by atoms with van der Waals surface area (Å²) in [6.45, 7) is 8.76. The average Bonchev–Trinajstić information content (AvgIpc) is 2.62. The van der Waals surface area contributed by atoms with Crippen LogP contribution < -0.4 is 5.32 Å². The lowest BCUT2D eigenvalue weighted by Crippen LogP contribution is -2.29. The van der Waals surface area contributed by atoms with Crippen molar-refractivity contribution in [3.05, 3.63) is 29.8 Å². The Labute approximate surface area is 108 Å². The standard InChI is InChI=1S/C14H19NOS/c1-13(2)12(14(13,3)4)15-11(16)9-5-7-10(17)8-6-9/h5-8,12,17H,1-4H3,(H,15,16). The Morgan fingerprint density at radius 3 is 2.00 bits per heavy atom. The van der Waals surface area contributed by atoms with E-state index in [9.17, 15) is 4.79 Å². The monoisotopic (exact) mass is 249 g/mol. The molecule has 1 aromatic carbocycles. The molecule has 1 aromatic rings. The lowest BCUT2D eigenvalue weighted by molar-refractivity contribution is 0.0943. The molecule has 1 saturated carbocycles. The SMILES string of the molecule is CC1(C)C(NC(=O)c2ccc(S)cc2)C1(C)C. The number of hydrogen-bond donors (Lipinski definition) is 2. The van der Waals surface area contributed by atoms with Crippen LogP contribution in [-0.4, -0.2) is 11.9 Å². The first-order valence-electron chi connectivity index (χ1n) is 5.87. The molecule has 0 bridgehead atoms. The van der Waals surface area contributed by atoms with Crippen molar-refractivity contribution in [3.8, 4) is 0 Å². The molecule has 0 spiro atoms. The van der Waals surface area contributed by atoms with Gasteiger partial charge in [0.05, 0.1) is 0 Å². The maximum Gasteiger partial charge on any atom is 0.251 e. The molecule has 1 aliphatic rings. The van der Waals surface area contributed by atoms with Crippen LogP contribution >= 0.6 is 12.6 Å². The van der Waals surface area contributed by atoms with Gasteiger partial charge in [-0.3, -0.25) is 4.79 Å². The first-order valence-corrected chi connectivity index (χ1v) is 6.31. The Balaban J connectivity index is 2.07. The molecule has 1 amide bonds. The second-order valence-electron chi connectivity index (χ2n) is 5.90. The molecule has 2 nitrogen and oxygen atoms in total. The van der Waals surface area contributed by atoms with E-state index in [2.05, 4.69) is 45.6 Å². The average molecular weight is 249 g/mol. The van der Waals surface area contributed by atoms with E-state index in [0.717, 1.165) is 4.90 Å². The van der Waals surface area contributed by atoms with Crippen molar-refractivity contribution in [2.24, 2.45) is 10.8 Å². The maximum atomic E-state index is 12.0. The topological polar surface area (TPSA) is 29.1 Å². The predicted octanol–water partition coefficient (Wildman–Crippen LogP) is 3.14. The first-order chi connectivity index (χ1) is 7.76. The van der Waals surface area contributed by atoms with Gasteiger partial charge in [0.15, 0.2) is 0 Å². The number of carbonyl (C=O) groups is 1. The van der Waals surface area contributed by atoms with E-state index in [-0.39, 0.29) is 22.8 Å². The molecule has 0 aliphatic heterocycles. The third kappa shape index (κ3) is 1.97. The van der Waals surface area contributed by atoms with Crippen molar-refractivity contribution in [1.82, 2.24) is 5.32 Å². The number of nitrogens with one attached hydrogen (secondary N) is 1. The molecule has 0 unspecified atom stereocenters. The summed E-state index contributed by atoms with van der Waals surface area (Å²) in [5.41, 5.74) is 1.04. The highest BCUT2D eigenvalue weighted by molar-refractivity contribution is 7.80. The Morgan fingerprint density at radius 1 is 1.12 bits per heavy atom. The number of amides is 1. The Morgan fingerprint density at radius 2 is 1.59 bits per heavy atom. The van der Waals surface area contributed by atoms with Crippen LogP contribution in [0.4, 0.5) is 0 Å². The second kappa shape index (κ2) is 3.77. The van der Waals surface area contributed by atoms with Gasteiger partial charge in [-0.1, -0.05) is 27.7 Å². The Kier molecular flexibility index (Phi) is 2.77. The van der Waals surface area contributed by atoms with Crippen LogP contribution in [0.2, 0.25) is 0 Å². The molecule has 17 heavy (non-hydrogen) atoms. The predicted molar refractivity (Wildman–Crippen MR) is 72.5 cm³/mol. The van der Waals surface area contributed by atoms with Crippen molar-refractivity contribution in [1.29, 1.82) is 0 Å². The number of rotatable bonds is 2. The van der Waals surface area contributed by atoms with Crippen LogP contribution in [0.25, 0.3) is 0 Å². The molecule has 1 fully saturated rings. The molecule has 0 saturated heterocycles. The van der Waals surface area contributed by atoms with Gasteiger partial charge in [0.2, 0.25) is 0 Å². The van der Waals surface area contributed by atoms with E-state index in [1.165, 1.54) is 0 Å². The molecule has 1 N–H and O–H groups in total. The zero-order valence-corrected chi connectivity index (χ0v) is 11.6. The van der Waals surface area contributed by atoms with E-state index < -0.39 is 0 Å². The van der Waals surface area contributed by atoms with Crippen molar-refractivity contribution in [2.45, 2.75) is 38.6 Å². The number of thiol groups is 1. The van der Waals surface area contributed by atoms with Crippen molar-refractivity contribution in [3.63, 3.8) is 0 Å². The summed E-state index contributed by atoms with van der Waals surface area (Å²) in [6, 6.07) is 7.53. The number of benzene rings is 1. The molecule has 0 radical (unpaired) electrons. The molecule has 2 rings (SSSR count). The van der Waals surface area contributed by atoms with Gasteiger partial charge < -0.3 is 5.32 Å². The van der Waals surface area contributed by atoms with Crippen LogP contribution in [0.1, 0.15) is 38.1 Å². The van der Waals surface area contributed by atoms with Crippen LogP contribution in [0, 0.1) is 10.8 Å². The Bertz CT molecular complexity index is 434. The lowest BCUT2D eigenvalue weighted by atomic mass is 10.0. The summed E-state index contributed by atoms with van der Waals surface area (Å²) >= 11 is 4.21. The molecule has 3 heteroatoms. The van der Waals surface area contributed by atoms with E-state index in [0.29, 0.717) is 5.56 Å².